The summed E-state index contributed by atoms with van der Waals surface area (Å²) in [4.78, 5) is 18.2. The van der Waals surface area contributed by atoms with E-state index < -0.39 is 0 Å². The zero-order valence-electron chi connectivity index (χ0n) is 13.1. The number of amides is 1. The summed E-state index contributed by atoms with van der Waals surface area (Å²) in [7, 11) is 1.62. The number of carbonyl (C=O) groups excluding carboxylic acids is 1. The second-order valence-electron chi connectivity index (χ2n) is 5.63. The molecular formula is C16H20N4O3. The van der Waals surface area contributed by atoms with E-state index >= 15 is 0 Å². The van der Waals surface area contributed by atoms with Crippen molar-refractivity contribution in [1.29, 1.82) is 0 Å². The Balaban J connectivity index is 1.57. The van der Waals surface area contributed by atoms with Crippen LogP contribution in [0.5, 0.6) is 5.75 Å². The molecule has 1 aromatic heterocycles. The number of nitrogens with two attached hydrogens (primary N) is 1. The van der Waals surface area contributed by atoms with Crippen LogP contribution in [0.4, 0.5) is 0 Å². The number of rotatable bonds is 5. The van der Waals surface area contributed by atoms with Gasteiger partial charge < -0.3 is 19.9 Å². The molecule has 0 spiro atoms. The molecule has 0 unspecified atom stereocenters. The first-order chi connectivity index (χ1) is 11.2. The number of likely N-dealkylation sites (tertiary alicyclic amines) is 1. The Morgan fingerprint density at radius 2 is 2.22 bits per heavy atom. The largest absolute Gasteiger partial charge is 0.497 e. The van der Waals surface area contributed by atoms with E-state index in [1.807, 2.05) is 24.3 Å². The third kappa shape index (κ3) is 3.68. The second kappa shape index (κ2) is 6.78. The summed E-state index contributed by atoms with van der Waals surface area (Å²) in [5, 5.41) is 3.96. The van der Waals surface area contributed by atoms with Crippen LogP contribution in [0.2, 0.25) is 0 Å². The van der Waals surface area contributed by atoms with Gasteiger partial charge in [0.15, 0.2) is 0 Å². The van der Waals surface area contributed by atoms with Gasteiger partial charge in [-0.25, -0.2) is 0 Å². The number of benzene rings is 1. The fourth-order valence-corrected chi connectivity index (χ4v) is 2.60. The molecule has 1 saturated heterocycles. The van der Waals surface area contributed by atoms with E-state index in [1.54, 1.807) is 12.0 Å². The van der Waals surface area contributed by atoms with Gasteiger partial charge in [0.05, 0.1) is 7.11 Å². The van der Waals surface area contributed by atoms with Crippen molar-refractivity contribution in [2.75, 3.05) is 20.2 Å². The first-order valence-corrected chi connectivity index (χ1v) is 7.66. The molecule has 1 fully saturated rings. The lowest BCUT2D eigenvalue weighted by Crippen LogP contribution is -2.31. The van der Waals surface area contributed by atoms with Crippen LogP contribution in [0, 0.1) is 0 Å². The molecule has 1 aliphatic heterocycles. The molecule has 0 radical (unpaired) electrons. The Bertz CT molecular complexity index is 668. The van der Waals surface area contributed by atoms with Crippen LogP contribution in [0.15, 0.2) is 28.8 Å². The molecule has 1 amide bonds. The van der Waals surface area contributed by atoms with Gasteiger partial charge in [-0.3, -0.25) is 4.79 Å². The molecule has 7 heteroatoms. The number of carbonyl (C=O) groups is 1. The molecule has 2 N–H and O–H groups in total. The van der Waals surface area contributed by atoms with Crippen molar-refractivity contribution in [3.8, 4) is 17.1 Å². The highest BCUT2D eigenvalue weighted by molar-refractivity contribution is 5.76. The van der Waals surface area contributed by atoms with Crippen molar-refractivity contribution in [3.05, 3.63) is 30.2 Å². The lowest BCUT2D eigenvalue weighted by molar-refractivity contribution is -0.130. The minimum Gasteiger partial charge on any atom is -0.497 e. The highest BCUT2D eigenvalue weighted by Crippen LogP contribution is 2.20. The Kier molecular flexibility index (Phi) is 4.57. The smallest absolute Gasteiger partial charge is 0.227 e. The Morgan fingerprint density at radius 3 is 2.87 bits per heavy atom. The summed E-state index contributed by atoms with van der Waals surface area (Å²) in [6, 6.07) is 7.51. The standard InChI is InChI=1S/C16H20N4O3/c1-22-13-4-2-11(3-5-13)16-18-14(23-19-16)6-7-15(21)20-9-8-12(17)10-20/h2-5,12H,6-10,17H2,1H3/t12-/m1/s1. The summed E-state index contributed by atoms with van der Waals surface area (Å²) < 4.78 is 10.3. The molecule has 2 heterocycles. The van der Waals surface area contributed by atoms with Gasteiger partial charge >= 0.3 is 0 Å². The summed E-state index contributed by atoms with van der Waals surface area (Å²) >= 11 is 0. The SMILES string of the molecule is COc1ccc(-c2noc(CCC(=O)N3CC[C@@H](N)C3)n2)cc1. The van der Waals surface area contributed by atoms with Gasteiger partial charge in [-0.1, -0.05) is 5.16 Å². The summed E-state index contributed by atoms with van der Waals surface area (Å²) in [5.74, 6) is 1.83. The lowest BCUT2D eigenvalue weighted by atomic mass is 10.2. The maximum atomic E-state index is 12.1. The second-order valence-corrected chi connectivity index (χ2v) is 5.63. The number of hydrogen-bond acceptors (Lipinski definition) is 6. The van der Waals surface area contributed by atoms with Crippen molar-refractivity contribution in [2.24, 2.45) is 5.73 Å². The number of aryl methyl sites for hydroxylation is 1. The molecular weight excluding hydrogens is 296 g/mol. The average molecular weight is 316 g/mol. The van der Waals surface area contributed by atoms with Gasteiger partial charge in [-0.15, -0.1) is 0 Å². The normalized spacial score (nSPS) is 17.5. The van der Waals surface area contributed by atoms with Crippen molar-refractivity contribution in [2.45, 2.75) is 25.3 Å². The van der Waals surface area contributed by atoms with Crippen LogP contribution in [0.3, 0.4) is 0 Å². The maximum Gasteiger partial charge on any atom is 0.227 e. The molecule has 1 atom stereocenters. The van der Waals surface area contributed by atoms with Crippen molar-refractivity contribution in [3.63, 3.8) is 0 Å². The fourth-order valence-electron chi connectivity index (χ4n) is 2.60. The minimum atomic E-state index is 0.0853. The highest BCUT2D eigenvalue weighted by Gasteiger charge is 2.23. The quantitative estimate of drug-likeness (QED) is 0.892. The third-order valence-corrected chi connectivity index (χ3v) is 3.95. The van der Waals surface area contributed by atoms with E-state index in [2.05, 4.69) is 10.1 Å². The lowest BCUT2D eigenvalue weighted by Gasteiger charge is -2.14. The predicted molar refractivity (Wildman–Crippen MR) is 83.8 cm³/mol. The summed E-state index contributed by atoms with van der Waals surface area (Å²) in [6.07, 6.45) is 1.67. The molecule has 0 saturated carbocycles. The van der Waals surface area contributed by atoms with Gasteiger partial charge in [-0.2, -0.15) is 4.98 Å². The Labute approximate surface area is 134 Å². The minimum absolute atomic E-state index is 0.0853. The zero-order valence-corrected chi connectivity index (χ0v) is 13.1. The highest BCUT2D eigenvalue weighted by atomic mass is 16.5. The van der Waals surface area contributed by atoms with E-state index in [0.29, 0.717) is 31.1 Å². The summed E-state index contributed by atoms with van der Waals surface area (Å²) in [6.45, 7) is 1.38. The number of methoxy groups -OCH3 is 1. The van der Waals surface area contributed by atoms with Gasteiger partial charge in [0.1, 0.15) is 5.75 Å². The van der Waals surface area contributed by atoms with E-state index in [9.17, 15) is 4.79 Å². The number of nitrogens with zero attached hydrogens (tertiary/aromatic N) is 3. The first-order valence-electron chi connectivity index (χ1n) is 7.66. The van der Waals surface area contributed by atoms with Crippen LogP contribution in [0.25, 0.3) is 11.4 Å². The fraction of sp³-hybridized carbons (Fsp3) is 0.438. The number of aromatic nitrogens is 2. The van der Waals surface area contributed by atoms with E-state index in [1.165, 1.54) is 0 Å². The monoisotopic (exact) mass is 316 g/mol. The molecule has 2 aromatic rings. The number of ether oxygens (including phenoxy) is 1. The number of hydrogen-bond donors (Lipinski definition) is 1. The Morgan fingerprint density at radius 1 is 1.43 bits per heavy atom. The molecule has 23 heavy (non-hydrogen) atoms. The summed E-state index contributed by atoms with van der Waals surface area (Å²) in [5.41, 5.74) is 6.66. The predicted octanol–water partition coefficient (Wildman–Crippen LogP) is 1.24. The molecule has 1 aromatic carbocycles. The van der Waals surface area contributed by atoms with Crippen molar-refractivity contribution < 1.29 is 14.1 Å². The van der Waals surface area contributed by atoms with Crippen molar-refractivity contribution in [1.82, 2.24) is 15.0 Å². The van der Waals surface area contributed by atoms with Gasteiger partial charge in [-0.05, 0) is 30.7 Å². The molecule has 0 aliphatic carbocycles. The van der Waals surface area contributed by atoms with E-state index in [4.69, 9.17) is 15.0 Å². The molecule has 0 bridgehead atoms. The maximum absolute atomic E-state index is 12.1. The zero-order chi connectivity index (χ0) is 16.2. The van der Waals surface area contributed by atoms with Crippen LogP contribution in [-0.4, -0.2) is 47.2 Å². The molecule has 3 rings (SSSR count). The average Bonchev–Trinajstić information content (AvgIpc) is 3.22. The van der Waals surface area contributed by atoms with Crippen LogP contribution in [0.1, 0.15) is 18.7 Å². The third-order valence-electron chi connectivity index (χ3n) is 3.95. The topological polar surface area (TPSA) is 94.5 Å². The molecule has 122 valence electrons. The van der Waals surface area contributed by atoms with E-state index in [-0.39, 0.29) is 11.9 Å². The van der Waals surface area contributed by atoms with Crippen LogP contribution in [-0.2, 0) is 11.2 Å². The van der Waals surface area contributed by atoms with E-state index in [0.717, 1.165) is 24.3 Å². The van der Waals surface area contributed by atoms with Crippen LogP contribution < -0.4 is 10.5 Å². The first kappa shape index (κ1) is 15.5. The Hall–Kier alpha value is -2.41. The van der Waals surface area contributed by atoms with Gasteiger partial charge in [0.25, 0.3) is 0 Å². The van der Waals surface area contributed by atoms with Gasteiger partial charge in [0, 0.05) is 37.5 Å². The van der Waals surface area contributed by atoms with Crippen molar-refractivity contribution >= 4 is 5.91 Å². The van der Waals surface area contributed by atoms with Gasteiger partial charge in [0.2, 0.25) is 17.6 Å². The molecule has 7 nitrogen and oxygen atoms in total. The molecule has 1 aliphatic rings. The van der Waals surface area contributed by atoms with Crippen LogP contribution >= 0.6 is 0 Å².